The second kappa shape index (κ2) is 7.49. The van der Waals surface area contributed by atoms with Gasteiger partial charge in [0.1, 0.15) is 5.82 Å². The molecule has 0 unspecified atom stereocenters. The number of fused-ring (bicyclic) bond motifs is 1. The number of rotatable bonds is 3. The van der Waals surface area contributed by atoms with E-state index in [0.717, 1.165) is 11.3 Å². The number of benzene rings is 3. The Morgan fingerprint density at radius 3 is 2.58 bits per heavy atom. The molecule has 0 fully saturated rings. The van der Waals surface area contributed by atoms with Crippen molar-refractivity contribution >= 4 is 22.4 Å². The molecule has 2 heterocycles. The Bertz CT molecular complexity index is 1510. The van der Waals surface area contributed by atoms with Gasteiger partial charge in [0.15, 0.2) is 0 Å². The van der Waals surface area contributed by atoms with E-state index in [2.05, 4.69) is 10.1 Å². The maximum absolute atomic E-state index is 13.9. The van der Waals surface area contributed by atoms with Gasteiger partial charge in [0, 0.05) is 28.2 Å². The lowest BCUT2D eigenvalue weighted by Gasteiger charge is -2.11. The molecule has 5 rings (SSSR count). The summed E-state index contributed by atoms with van der Waals surface area (Å²) in [4.78, 5) is 17.6. The van der Waals surface area contributed by atoms with Crippen LogP contribution < -0.4 is 5.56 Å². The van der Waals surface area contributed by atoms with Gasteiger partial charge in [0.2, 0.25) is 5.82 Å². The van der Waals surface area contributed by atoms with Gasteiger partial charge < -0.3 is 4.52 Å². The zero-order valence-corrected chi connectivity index (χ0v) is 17.1. The maximum atomic E-state index is 13.9. The smallest absolute Gasteiger partial charge is 0.262 e. The highest BCUT2D eigenvalue weighted by Gasteiger charge is 2.18. The van der Waals surface area contributed by atoms with Crippen LogP contribution in [0.1, 0.15) is 5.56 Å². The van der Waals surface area contributed by atoms with Crippen molar-refractivity contribution in [2.24, 2.45) is 0 Å². The zero-order valence-electron chi connectivity index (χ0n) is 16.3. The third-order valence-corrected chi connectivity index (χ3v) is 5.35. The van der Waals surface area contributed by atoms with Gasteiger partial charge >= 0.3 is 0 Å². The standard InChI is InChI=1S/C24H15ClFN3O2/c1-14-5-4-6-16(11-14)29-13-19(17-7-2-3-8-18(17)24(29)30)23-27-22(28-31-23)15-9-10-20(25)21(26)12-15/h2-13H,1H3. The summed E-state index contributed by atoms with van der Waals surface area (Å²) in [7, 11) is 0. The second-order valence-electron chi connectivity index (χ2n) is 7.15. The number of aryl methyl sites for hydroxylation is 1. The molecule has 0 bridgehead atoms. The van der Waals surface area contributed by atoms with Crippen LogP contribution in [0.15, 0.2) is 82.2 Å². The predicted molar refractivity (Wildman–Crippen MR) is 118 cm³/mol. The van der Waals surface area contributed by atoms with Crippen LogP contribution in [0.4, 0.5) is 4.39 Å². The van der Waals surface area contributed by atoms with Crippen molar-refractivity contribution in [1.82, 2.24) is 14.7 Å². The van der Waals surface area contributed by atoms with E-state index >= 15 is 0 Å². The quantitative estimate of drug-likeness (QED) is 0.361. The molecular weight excluding hydrogens is 417 g/mol. The van der Waals surface area contributed by atoms with E-state index in [-0.39, 0.29) is 22.3 Å². The summed E-state index contributed by atoms with van der Waals surface area (Å²) in [6, 6.07) is 19.2. The molecule has 0 aliphatic rings. The fourth-order valence-corrected chi connectivity index (χ4v) is 3.63. The van der Waals surface area contributed by atoms with Gasteiger partial charge in [-0.15, -0.1) is 0 Å². The van der Waals surface area contributed by atoms with Crippen molar-refractivity contribution in [2.75, 3.05) is 0 Å². The fraction of sp³-hybridized carbons (Fsp3) is 0.0417. The molecule has 0 aliphatic heterocycles. The highest BCUT2D eigenvalue weighted by atomic mass is 35.5. The second-order valence-corrected chi connectivity index (χ2v) is 7.56. The Hall–Kier alpha value is -3.77. The van der Waals surface area contributed by atoms with E-state index in [1.165, 1.54) is 12.1 Å². The van der Waals surface area contributed by atoms with Crippen molar-refractivity contribution < 1.29 is 8.91 Å². The lowest BCUT2D eigenvalue weighted by Crippen LogP contribution is -2.18. The monoisotopic (exact) mass is 431 g/mol. The molecule has 7 heteroatoms. The van der Waals surface area contributed by atoms with Crippen LogP contribution in [0.25, 0.3) is 39.3 Å². The summed E-state index contributed by atoms with van der Waals surface area (Å²) in [5.41, 5.74) is 2.66. The minimum absolute atomic E-state index is 0.0173. The summed E-state index contributed by atoms with van der Waals surface area (Å²) in [6.07, 6.45) is 1.69. The van der Waals surface area contributed by atoms with Gasteiger partial charge in [-0.1, -0.05) is 47.1 Å². The topological polar surface area (TPSA) is 60.9 Å². The van der Waals surface area contributed by atoms with Crippen LogP contribution in [0.5, 0.6) is 0 Å². The van der Waals surface area contributed by atoms with Crippen LogP contribution in [0.2, 0.25) is 5.02 Å². The third-order valence-electron chi connectivity index (χ3n) is 5.04. The van der Waals surface area contributed by atoms with Crippen molar-refractivity contribution in [3.05, 3.63) is 99.7 Å². The molecule has 0 amide bonds. The number of hydrogen-bond donors (Lipinski definition) is 0. The van der Waals surface area contributed by atoms with Crippen LogP contribution in [-0.4, -0.2) is 14.7 Å². The number of nitrogens with zero attached hydrogens (tertiary/aromatic N) is 3. The molecular formula is C24H15ClFN3O2. The van der Waals surface area contributed by atoms with Crippen LogP contribution in [0.3, 0.4) is 0 Å². The Morgan fingerprint density at radius 2 is 1.81 bits per heavy atom. The molecule has 0 atom stereocenters. The molecule has 152 valence electrons. The molecule has 0 spiro atoms. The Balaban J connectivity index is 1.72. The average molecular weight is 432 g/mol. The summed E-state index contributed by atoms with van der Waals surface area (Å²) < 4.78 is 20.9. The molecule has 0 radical (unpaired) electrons. The van der Waals surface area contributed by atoms with Crippen molar-refractivity contribution in [1.29, 1.82) is 0 Å². The van der Waals surface area contributed by atoms with Crippen LogP contribution in [-0.2, 0) is 0 Å². The van der Waals surface area contributed by atoms with E-state index in [4.69, 9.17) is 16.1 Å². The van der Waals surface area contributed by atoms with E-state index in [1.807, 2.05) is 49.4 Å². The first kappa shape index (κ1) is 19.2. The summed E-state index contributed by atoms with van der Waals surface area (Å²) >= 11 is 5.76. The Labute approximate surface area is 181 Å². The van der Waals surface area contributed by atoms with Crippen molar-refractivity contribution in [2.45, 2.75) is 6.92 Å². The molecule has 5 nitrogen and oxygen atoms in total. The molecule has 0 saturated heterocycles. The van der Waals surface area contributed by atoms with Gasteiger partial charge in [0.05, 0.1) is 10.6 Å². The van der Waals surface area contributed by atoms with Crippen molar-refractivity contribution in [3.8, 4) is 28.5 Å². The largest absolute Gasteiger partial charge is 0.334 e. The molecule has 5 aromatic rings. The minimum atomic E-state index is -0.566. The number of pyridine rings is 1. The van der Waals surface area contributed by atoms with E-state index < -0.39 is 5.82 Å². The normalized spacial score (nSPS) is 11.2. The first-order valence-electron chi connectivity index (χ1n) is 9.52. The Morgan fingerprint density at radius 1 is 1.00 bits per heavy atom. The molecule has 0 saturated carbocycles. The van der Waals surface area contributed by atoms with Gasteiger partial charge in [-0.3, -0.25) is 9.36 Å². The fourth-order valence-electron chi connectivity index (χ4n) is 3.52. The van der Waals surface area contributed by atoms with Gasteiger partial charge in [-0.05, 0) is 48.9 Å². The van der Waals surface area contributed by atoms with Gasteiger partial charge in [-0.2, -0.15) is 4.98 Å². The lowest BCUT2D eigenvalue weighted by molar-refractivity contribution is 0.432. The third kappa shape index (κ3) is 3.41. The molecule has 31 heavy (non-hydrogen) atoms. The van der Waals surface area contributed by atoms with Gasteiger partial charge in [-0.25, -0.2) is 4.39 Å². The Kier molecular flexibility index (Phi) is 4.64. The van der Waals surface area contributed by atoms with Crippen LogP contribution in [0, 0.1) is 12.7 Å². The summed E-state index contributed by atoms with van der Waals surface area (Å²) in [5.74, 6) is -0.116. The molecule has 2 aromatic heterocycles. The molecule has 3 aromatic carbocycles. The number of hydrogen-bond acceptors (Lipinski definition) is 4. The predicted octanol–water partition coefficient (Wildman–Crippen LogP) is 5.81. The maximum Gasteiger partial charge on any atom is 0.262 e. The molecule has 0 aliphatic carbocycles. The molecule has 0 N–H and O–H groups in total. The van der Waals surface area contributed by atoms with E-state index in [9.17, 15) is 9.18 Å². The highest BCUT2D eigenvalue weighted by molar-refractivity contribution is 6.30. The average Bonchev–Trinajstić information content (AvgIpc) is 3.26. The zero-order chi connectivity index (χ0) is 21.5. The number of halogens is 2. The van der Waals surface area contributed by atoms with Crippen molar-refractivity contribution in [3.63, 3.8) is 0 Å². The van der Waals surface area contributed by atoms with E-state index in [1.54, 1.807) is 22.9 Å². The lowest BCUT2D eigenvalue weighted by atomic mass is 10.1. The summed E-state index contributed by atoms with van der Waals surface area (Å²) in [5, 5.41) is 5.23. The minimum Gasteiger partial charge on any atom is -0.334 e. The number of aromatic nitrogens is 3. The van der Waals surface area contributed by atoms with Gasteiger partial charge in [0.25, 0.3) is 11.4 Å². The first-order chi connectivity index (χ1) is 15.0. The first-order valence-corrected chi connectivity index (χ1v) is 9.90. The SMILES string of the molecule is Cc1cccc(-n2cc(-c3nc(-c4ccc(Cl)c(F)c4)no3)c3ccccc3c2=O)c1. The summed E-state index contributed by atoms with van der Waals surface area (Å²) in [6.45, 7) is 1.96. The highest BCUT2D eigenvalue weighted by Crippen LogP contribution is 2.29. The van der Waals surface area contributed by atoms with E-state index in [0.29, 0.717) is 21.9 Å². The van der Waals surface area contributed by atoms with Crippen LogP contribution >= 0.6 is 11.6 Å².